The summed E-state index contributed by atoms with van der Waals surface area (Å²) in [7, 11) is 0. The Balaban J connectivity index is 1.70. The lowest BCUT2D eigenvalue weighted by Crippen LogP contribution is -2.56. The van der Waals surface area contributed by atoms with Crippen LogP contribution in [-0.2, 0) is 0 Å². The van der Waals surface area contributed by atoms with E-state index in [2.05, 4.69) is 10.2 Å². The number of nitrogens with zero attached hydrogens (tertiary/aromatic N) is 1. The van der Waals surface area contributed by atoms with Gasteiger partial charge in [-0.2, -0.15) is 0 Å². The van der Waals surface area contributed by atoms with Crippen molar-refractivity contribution in [2.75, 3.05) is 13.1 Å². The Labute approximate surface area is 117 Å². The molecule has 0 aromatic carbocycles. The maximum atomic E-state index is 10.5. The molecular formula is C16H30N2O. The van der Waals surface area contributed by atoms with Crippen molar-refractivity contribution < 1.29 is 5.11 Å². The van der Waals surface area contributed by atoms with Gasteiger partial charge in [-0.05, 0) is 51.6 Å². The van der Waals surface area contributed by atoms with E-state index in [4.69, 9.17) is 0 Å². The molecule has 19 heavy (non-hydrogen) atoms. The topological polar surface area (TPSA) is 35.5 Å². The molecule has 1 aliphatic carbocycles. The second kappa shape index (κ2) is 6.55. The van der Waals surface area contributed by atoms with Gasteiger partial charge < -0.3 is 10.4 Å². The number of piperidine rings is 1. The third kappa shape index (κ3) is 3.14. The first-order valence-corrected chi connectivity index (χ1v) is 8.53. The lowest BCUT2D eigenvalue weighted by atomic mass is 9.90. The Morgan fingerprint density at radius 1 is 0.789 bits per heavy atom. The average molecular weight is 266 g/mol. The molecule has 3 rings (SSSR count). The van der Waals surface area contributed by atoms with Crippen LogP contribution in [0.25, 0.3) is 0 Å². The van der Waals surface area contributed by atoms with Crippen LogP contribution in [0.2, 0.25) is 0 Å². The molecular weight excluding hydrogens is 236 g/mol. The molecule has 1 saturated carbocycles. The average Bonchev–Trinajstić information content (AvgIpc) is 2.89. The van der Waals surface area contributed by atoms with Gasteiger partial charge in [0.25, 0.3) is 0 Å². The molecule has 0 radical (unpaired) electrons. The SMILES string of the molecule is OC1CCCCCC1N1CCCCC1C1CCCN1. The van der Waals surface area contributed by atoms with Crippen LogP contribution in [-0.4, -0.2) is 47.3 Å². The van der Waals surface area contributed by atoms with Crippen molar-refractivity contribution in [2.24, 2.45) is 0 Å². The van der Waals surface area contributed by atoms with Crippen LogP contribution in [0.15, 0.2) is 0 Å². The molecule has 4 unspecified atom stereocenters. The smallest absolute Gasteiger partial charge is 0.0695 e. The minimum atomic E-state index is -0.0792. The number of hydrogen-bond acceptors (Lipinski definition) is 3. The highest BCUT2D eigenvalue weighted by Crippen LogP contribution is 2.31. The fraction of sp³-hybridized carbons (Fsp3) is 1.00. The first-order valence-electron chi connectivity index (χ1n) is 8.53. The largest absolute Gasteiger partial charge is 0.391 e. The van der Waals surface area contributed by atoms with E-state index in [1.54, 1.807) is 0 Å². The van der Waals surface area contributed by atoms with Gasteiger partial charge in [-0.25, -0.2) is 0 Å². The number of likely N-dealkylation sites (tertiary alicyclic amines) is 1. The Morgan fingerprint density at radius 2 is 1.58 bits per heavy atom. The number of nitrogens with one attached hydrogen (secondary N) is 1. The molecule has 3 aliphatic rings. The van der Waals surface area contributed by atoms with Crippen LogP contribution in [0.3, 0.4) is 0 Å². The van der Waals surface area contributed by atoms with Gasteiger partial charge in [-0.1, -0.05) is 25.7 Å². The van der Waals surface area contributed by atoms with Gasteiger partial charge in [0.2, 0.25) is 0 Å². The Bertz CT molecular complexity index is 276. The molecule has 0 amide bonds. The molecule has 0 spiro atoms. The zero-order valence-electron chi connectivity index (χ0n) is 12.2. The molecule has 0 aromatic heterocycles. The zero-order chi connectivity index (χ0) is 13.1. The fourth-order valence-corrected chi connectivity index (χ4v) is 4.52. The normalized spacial score (nSPS) is 42.2. The van der Waals surface area contributed by atoms with E-state index >= 15 is 0 Å². The molecule has 4 atom stereocenters. The van der Waals surface area contributed by atoms with Gasteiger partial charge in [0.05, 0.1) is 6.10 Å². The van der Waals surface area contributed by atoms with Gasteiger partial charge >= 0.3 is 0 Å². The molecule has 2 saturated heterocycles. The van der Waals surface area contributed by atoms with Crippen molar-refractivity contribution in [3.63, 3.8) is 0 Å². The number of aliphatic hydroxyl groups is 1. The summed E-state index contributed by atoms with van der Waals surface area (Å²) in [6, 6.07) is 1.82. The van der Waals surface area contributed by atoms with E-state index in [0.29, 0.717) is 18.1 Å². The van der Waals surface area contributed by atoms with Gasteiger partial charge in [-0.15, -0.1) is 0 Å². The molecule has 3 nitrogen and oxygen atoms in total. The summed E-state index contributed by atoms with van der Waals surface area (Å²) in [5.74, 6) is 0. The number of aliphatic hydroxyl groups excluding tert-OH is 1. The predicted molar refractivity (Wildman–Crippen MR) is 78.2 cm³/mol. The Hall–Kier alpha value is -0.120. The first-order chi connectivity index (χ1) is 9.36. The fourth-order valence-electron chi connectivity index (χ4n) is 4.52. The van der Waals surface area contributed by atoms with Crippen LogP contribution < -0.4 is 5.32 Å². The first kappa shape index (κ1) is 13.8. The monoisotopic (exact) mass is 266 g/mol. The van der Waals surface area contributed by atoms with E-state index in [-0.39, 0.29) is 6.10 Å². The predicted octanol–water partition coefficient (Wildman–Crippen LogP) is 2.29. The van der Waals surface area contributed by atoms with Gasteiger partial charge in [0.15, 0.2) is 0 Å². The van der Waals surface area contributed by atoms with Crippen molar-refractivity contribution in [2.45, 2.75) is 88.4 Å². The maximum Gasteiger partial charge on any atom is 0.0695 e. The number of hydrogen-bond donors (Lipinski definition) is 2. The quantitative estimate of drug-likeness (QED) is 0.753. The highest BCUT2D eigenvalue weighted by atomic mass is 16.3. The van der Waals surface area contributed by atoms with E-state index in [1.165, 1.54) is 70.9 Å². The summed E-state index contributed by atoms with van der Waals surface area (Å²) in [6.45, 7) is 2.41. The lowest BCUT2D eigenvalue weighted by molar-refractivity contribution is -0.00518. The second-order valence-electron chi connectivity index (χ2n) is 6.78. The summed E-state index contributed by atoms with van der Waals surface area (Å²) >= 11 is 0. The van der Waals surface area contributed by atoms with Crippen LogP contribution >= 0.6 is 0 Å². The minimum absolute atomic E-state index is 0.0792. The van der Waals surface area contributed by atoms with Gasteiger partial charge in [-0.3, -0.25) is 4.90 Å². The molecule has 110 valence electrons. The van der Waals surface area contributed by atoms with E-state index in [9.17, 15) is 5.11 Å². The van der Waals surface area contributed by atoms with E-state index in [0.717, 1.165) is 6.42 Å². The second-order valence-corrected chi connectivity index (χ2v) is 6.78. The minimum Gasteiger partial charge on any atom is -0.391 e. The highest BCUT2D eigenvalue weighted by Gasteiger charge is 2.37. The van der Waals surface area contributed by atoms with Crippen molar-refractivity contribution in [3.05, 3.63) is 0 Å². The summed E-state index contributed by atoms with van der Waals surface area (Å²) < 4.78 is 0. The molecule has 0 aromatic rings. The van der Waals surface area contributed by atoms with E-state index < -0.39 is 0 Å². The molecule has 2 heterocycles. The summed E-state index contributed by atoms with van der Waals surface area (Å²) in [4.78, 5) is 2.70. The van der Waals surface area contributed by atoms with E-state index in [1.807, 2.05) is 0 Å². The molecule has 2 aliphatic heterocycles. The van der Waals surface area contributed by atoms with Crippen molar-refractivity contribution >= 4 is 0 Å². The van der Waals surface area contributed by atoms with Crippen molar-refractivity contribution in [3.8, 4) is 0 Å². The molecule has 3 heteroatoms. The zero-order valence-corrected chi connectivity index (χ0v) is 12.2. The van der Waals surface area contributed by atoms with Gasteiger partial charge in [0, 0.05) is 18.1 Å². The summed E-state index contributed by atoms with van der Waals surface area (Å²) in [5.41, 5.74) is 0. The van der Waals surface area contributed by atoms with Crippen molar-refractivity contribution in [1.82, 2.24) is 10.2 Å². The lowest BCUT2D eigenvalue weighted by Gasteiger charge is -2.45. The molecule has 0 bridgehead atoms. The van der Waals surface area contributed by atoms with Gasteiger partial charge in [0.1, 0.15) is 0 Å². The third-order valence-corrected chi connectivity index (χ3v) is 5.52. The van der Waals surface area contributed by atoms with Crippen LogP contribution in [0, 0.1) is 0 Å². The van der Waals surface area contributed by atoms with Crippen molar-refractivity contribution in [1.29, 1.82) is 0 Å². The standard InChI is InChI=1S/C16H30N2O/c19-16-10-3-1-2-9-15(16)18-12-5-4-8-14(18)13-7-6-11-17-13/h13-17,19H,1-12H2. The summed E-state index contributed by atoms with van der Waals surface area (Å²) in [6.07, 6.45) is 12.7. The maximum absolute atomic E-state index is 10.5. The molecule has 3 fully saturated rings. The molecule has 2 N–H and O–H groups in total. The van der Waals surface area contributed by atoms with Crippen LogP contribution in [0.5, 0.6) is 0 Å². The highest BCUT2D eigenvalue weighted by molar-refractivity contribution is 4.95. The van der Waals surface area contributed by atoms with Crippen LogP contribution in [0.4, 0.5) is 0 Å². The van der Waals surface area contributed by atoms with Crippen LogP contribution in [0.1, 0.15) is 64.2 Å². The number of rotatable bonds is 2. The third-order valence-electron chi connectivity index (χ3n) is 5.52. The Kier molecular flexibility index (Phi) is 4.78. The Morgan fingerprint density at radius 3 is 2.42 bits per heavy atom. The summed E-state index contributed by atoms with van der Waals surface area (Å²) in [5, 5.41) is 14.2.